The van der Waals surface area contributed by atoms with Crippen LogP contribution in [0.25, 0.3) is 0 Å². The molecule has 0 bridgehead atoms. The first-order valence-corrected chi connectivity index (χ1v) is 3.61. The first kappa shape index (κ1) is 7.46. The minimum atomic E-state index is -0.0946. The molecule has 0 spiro atoms. The van der Waals surface area contributed by atoms with Gasteiger partial charge < -0.3 is 9.38 Å². The predicted molar refractivity (Wildman–Crippen MR) is 54.6 cm³/mol. The van der Waals surface area contributed by atoms with Crippen LogP contribution in [0, 0.1) is 0 Å². The molecule has 0 aliphatic rings. The van der Waals surface area contributed by atoms with Crippen LogP contribution in [-0.4, -0.2) is 33.7 Å². The molecular formula is C6H11B2N3O. The molecule has 0 unspecified atom stereocenters. The maximum Gasteiger partial charge on any atom is 0.254 e. The first-order chi connectivity index (χ1) is 6.06. The Labute approximate surface area is 74.4 Å². The van der Waals surface area contributed by atoms with Gasteiger partial charge in [-0.1, -0.05) is 0 Å². The van der Waals surface area contributed by atoms with Crippen molar-refractivity contribution >= 4 is 27.3 Å². The Hall–Kier alpha value is -1.19. The summed E-state index contributed by atoms with van der Waals surface area (Å²) in [6.07, 6.45) is 0. The van der Waals surface area contributed by atoms with Gasteiger partial charge in [-0.3, -0.25) is 4.79 Å². The SMILES string of the molecule is [3H]BN(C)c1cc(=O)n(C)c(B)n1. The highest BCUT2D eigenvalue weighted by atomic mass is 16.1. The molecule has 0 radical (unpaired) electrons. The summed E-state index contributed by atoms with van der Waals surface area (Å²) >= 11 is 0. The molecule has 1 aromatic heterocycles. The minimum absolute atomic E-state index is 0.0946. The third-order valence-corrected chi connectivity index (χ3v) is 1.74. The second-order valence-electron chi connectivity index (χ2n) is 2.76. The minimum Gasteiger partial charge on any atom is -0.410 e. The lowest BCUT2D eigenvalue weighted by molar-refractivity contribution is 0.861. The molecule has 0 aromatic carbocycles. The molecule has 0 saturated heterocycles. The van der Waals surface area contributed by atoms with Crippen LogP contribution < -0.4 is 16.1 Å². The number of hydrogen-bond donors (Lipinski definition) is 0. The number of aromatic nitrogens is 2. The van der Waals surface area contributed by atoms with E-state index in [4.69, 9.17) is 1.34 Å². The Morgan fingerprint density at radius 3 is 3.00 bits per heavy atom. The molecule has 0 aliphatic heterocycles. The van der Waals surface area contributed by atoms with Crippen molar-refractivity contribution in [2.24, 2.45) is 7.05 Å². The lowest BCUT2D eigenvalue weighted by Crippen LogP contribution is -2.34. The Kier molecular flexibility index (Phi) is 1.89. The van der Waals surface area contributed by atoms with Crippen molar-refractivity contribution in [2.75, 3.05) is 11.9 Å². The summed E-state index contributed by atoms with van der Waals surface area (Å²) in [6.45, 7) is 0. The van der Waals surface area contributed by atoms with Crippen molar-refractivity contribution < 1.29 is 0 Å². The summed E-state index contributed by atoms with van der Waals surface area (Å²) < 4.78 is 8.59. The van der Waals surface area contributed by atoms with Crippen molar-refractivity contribution in [3.05, 3.63) is 16.4 Å². The van der Waals surface area contributed by atoms with Crippen LogP contribution in [-0.2, 0) is 7.05 Å². The van der Waals surface area contributed by atoms with Crippen LogP contribution >= 0.6 is 0 Å². The van der Waals surface area contributed by atoms with Gasteiger partial charge >= 0.3 is 0 Å². The third kappa shape index (κ3) is 1.52. The number of nitrogens with zero attached hydrogens (tertiary/aromatic N) is 3. The molecule has 0 atom stereocenters. The molecule has 0 saturated carbocycles. The number of anilines is 1. The summed E-state index contributed by atoms with van der Waals surface area (Å²) in [5.41, 5.74) is 0.561. The molecule has 12 heavy (non-hydrogen) atoms. The lowest BCUT2D eigenvalue weighted by Gasteiger charge is -2.13. The van der Waals surface area contributed by atoms with E-state index in [-0.39, 0.29) is 13.5 Å². The molecule has 4 nitrogen and oxygen atoms in total. The molecule has 1 heterocycles. The van der Waals surface area contributed by atoms with E-state index in [1.54, 1.807) is 26.8 Å². The normalized spacial score (nSPS) is 10.7. The maximum atomic E-state index is 11.3. The average molecular weight is 165 g/mol. The van der Waals surface area contributed by atoms with Gasteiger partial charge in [0.2, 0.25) is 7.94 Å². The van der Waals surface area contributed by atoms with Crippen LogP contribution in [0.1, 0.15) is 0 Å². The number of hydrogen-bond acceptors (Lipinski definition) is 3. The molecule has 62 valence electrons. The van der Waals surface area contributed by atoms with Gasteiger partial charge in [-0.2, -0.15) is 0 Å². The van der Waals surface area contributed by atoms with E-state index in [0.717, 1.165) is 0 Å². The van der Waals surface area contributed by atoms with E-state index in [2.05, 4.69) is 4.98 Å². The second-order valence-corrected chi connectivity index (χ2v) is 2.76. The van der Waals surface area contributed by atoms with Gasteiger partial charge in [-0.15, -0.1) is 0 Å². The highest BCUT2D eigenvalue weighted by Crippen LogP contribution is 1.97. The molecule has 0 fully saturated rings. The van der Waals surface area contributed by atoms with Crippen molar-refractivity contribution in [3.8, 4) is 0 Å². The van der Waals surface area contributed by atoms with Crippen LogP contribution in [0.15, 0.2) is 10.9 Å². The van der Waals surface area contributed by atoms with Crippen LogP contribution in [0.4, 0.5) is 5.82 Å². The molecule has 0 amide bonds. The topological polar surface area (TPSA) is 38.1 Å². The van der Waals surface area contributed by atoms with Crippen LogP contribution in [0.5, 0.6) is 0 Å². The monoisotopic (exact) mass is 165 g/mol. The van der Waals surface area contributed by atoms with Gasteiger partial charge in [0.1, 0.15) is 5.82 Å². The zero-order chi connectivity index (χ0) is 10.0. The quantitative estimate of drug-likeness (QED) is 0.439. The molecule has 1 aromatic rings. The lowest BCUT2D eigenvalue weighted by atomic mass is 10.1. The Balaban J connectivity index is 3.21. The van der Waals surface area contributed by atoms with E-state index in [1.165, 1.54) is 10.6 Å². The molecule has 0 aliphatic carbocycles. The van der Waals surface area contributed by atoms with Gasteiger partial charge in [-0.05, 0) is 7.05 Å². The second kappa shape index (κ2) is 3.05. The smallest absolute Gasteiger partial charge is 0.254 e. The fourth-order valence-corrected chi connectivity index (χ4v) is 0.835. The van der Waals surface area contributed by atoms with Gasteiger partial charge in [0.15, 0.2) is 7.85 Å². The van der Waals surface area contributed by atoms with E-state index >= 15 is 0 Å². The number of rotatable bonds is 2. The van der Waals surface area contributed by atoms with Crippen molar-refractivity contribution in [1.82, 2.24) is 9.55 Å². The zero-order valence-electron chi connectivity index (χ0n) is 8.53. The van der Waals surface area contributed by atoms with Crippen LogP contribution in [0.3, 0.4) is 0 Å². The Morgan fingerprint density at radius 2 is 2.50 bits per heavy atom. The Bertz CT molecular complexity index is 367. The summed E-state index contributed by atoms with van der Waals surface area (Å²) in [5.74, 6) is 0.551. The summed E-state index contributed by atoms with van der Waals surface area (Å²) in [4.78, 5) is 17.1. The van der Waals surface area contributed by atoms with Gasteiger partial charge in [-0.25, -0.2) is 4.98 Å². The van der Waals surface area contributed by atoms with Gasteiger partial charge in [0, 0.05) is 14.4 Å². The molecule has 6 heteroatoms. The summed E-state index contributed by atoms with van der Waals surface area (Å²) in [7, 11) is 5.27. The third-order valence-electron chi connectivity index (χ3n) is 1.74. The maximum absolute atomic E-state index is 11.3. The van der Waals surface area contributed by atoms with E-state index in [0.29, 0.717) is 11.5 Å². The van der Waals surface area contributed by atoms with Crippen molar-refractivity contribution in [2.45, 2.75) is 0 Å². The van der Waals surface area contributed by atoms with E-state index < -0.39 is 0 Å². The highest BCUT2D eigenvalue weighted by molar-refractivity contribution is 6.29. The van der Waals surface area contributed by atoms with Gasteiger partial charge in [0.05, 0.1) is 5.72 Å². The standard InChI is InChI=1S/C6H11B2N3O/c1-10-5(12)3-4(11(2)8)9-6(10)7/h3H,7-8H2,1-2H3/i8T. The van der Waals surface area contributed by atoms with Crippen molar-refractivity contribution in [1.29, 1.82) is 1.34 Å². The van der Waals surface area contributed by atoms with E-state index in [1.807, 2.05) is 0 Å². The fourth-order valence-electron chi connectivity index (χ4n) is 0.835. The zero-order valence-corrected chi connectivity index (χ0v) is 7.53. The summed E-state index contributed by atoms with van der Waals surface area (Å²) in [6, 6.07) is 1.43. The van der Waals surface area contributed by atoms with Crippen LogP contribution in [0.2, 0.25) is 0 Å². The largest absolute Gasteiger partial charge is 0.410 e. The molecular weight excluding hydrogens is 152 g/mol. The molecule has 1 rings (SSSR count). The fraction of sp³-hybridized carbons (Fsp3) is 0.333. The van der Waals surface area contributed by atoms with Gasteiger partial charge in [0.25, 0.3) is 5.56 Å². The highest BCUT2D eigenvalue weighted by Gasteiger charge is 2.01. The van der Waals surface area contributed by atoms with Crippen molar-refractivity contribution in [3.63, 3.8) is 0 Å². The molecule has 0 N–H and O–H groups in total. The Morgan fingerprint density at radius 1 is 1.83 bits per heavy atom. The average Bonchev–Trinajstić information content (AvgIpc) is 2.12. The first-order valence-electron chi connectivity index (χ1n) is 4.32. The van der Waals surface area contributed by atoms with E-state index in [9.17, 15) is 4.79 Å². The summed E-state index contributed by atoms with van der Waals surface area (Å²) in [5, 5.41) is 0. The predicted octanol–water partition coefficient (Wildman–Crippen LogP) is -2.98.